The molecule has 0 radical (unpaired) electrons. The van der Waals surface area contributed by atoms with E-state index in [4.69, 9.17) is 28.2 Å². The number of hydrogen-bond donors (Lipinski definition) is 1. The van der Waals surface area contributed by atoms with Gasteiger partial charge >= 0.3 is 0 Å². The molecule has 3 rings (SSSR count). The number of nitrogens with zero attached hydrogens (tertiary/aromatic N) is 2. The summed E-state index contributed by atoms with van der Waals surface area (Å²) in [5.74, 6) is 0.243. The Morgan fingerprint density at radius 3 is 2.65 bits per heavy atom. The third-order valence-corrected chi connectivity index (χ3v) is 4.84. The number of furan rings is 1. The van der Waals surface area contributed by atoms with Crippen molar-refractivity contribution in [1.82, 2.24) is 9.80 Å². The Morgan fingerprint density at radius 1 is 1.31 bits per heavy atom. The first-order valence-electron chi connectivity index (χ1n) is 8.19. The molecule has 8 heteroatoms. The van der Waals surface area contributed by atoms with E-state index in [0.29, 0.717) is 34.7 Å². The zero-order chi connectivity index (χ0) is 18.7. The molecule has 2 amide bonds. The molecule has 1 atom stereocenters. The summed E-state index contributed by atoms with van der Waals surface area (Å²) in [5.41, 5.74) is 0.623. The third kappa shape index (κ3) is 3.89. The van der Waals surface area contributed by atoms with E-state index in [2.05, 4.69) is 5.32 Å². The number of anilines is 1. The van der Waals surface area contributed by atoms with Gasteiger partial charge in [-0.2, -0.15) is 0 Å². The van der Waals surface area contributed by atoms with Crippen LogP contribution in [0, 0.1) is 0 Å². The minimum atomic E-state index is -0.653. The second-order valence-electron chi connectivity index (χ2n) is 5.85. The molecule has 0 aliphatic carbocycles. The fourth-order valence-electron chi connectivity index (χ4n) is 2.85. The molecule has 6 nitrogen and oxygen atoms in total. The Bertz CT molecular complexity index is 808. The Balaban J connectivity index is 1.73. The van der Waals surface area contributed by atoms with Gasteiger partial charge < -0.3 is 14.6 Å². The highest BCUT2D eigenvalue weighted by Gasteiger charge is 2.42. The Labute approximate surface area is 161 Å². The number of carbonyl (C=O) groups excluding carboxylic acids is 2. The van der Waals surface area contributed by atoms with E-state index in [9.17, 15) is 9.59 Å². The molecule has 1 aliphatic heterocycles. The number of likely N-dealkylation sites (N-methyl/N-ethyl adjacent to an activating group) is 1. The lowest BCUT2D eigenvalue weighted by atomic mass is 10.1. The van der Waals surface area contributed by atoms with E-state index in [1.54, 1.807) is 41.5 Å². The van der Waals surface area contributed by atoms with E-state index in [0.717, 1.165) is 0 Å². The quantitative estimate of drug-likeness (QED) is 0.765. The molecule has 1 fully saturated rings. The molecule has 1 unspecified atom stereocenters. The van der Waals surface area contributed by atoms with Crippen molar-refractivity contribution in [2.24, 2.45) is 0 Å². The molecule has 1 saturated heterocycles. The van der Waals surface area contributed by atoms with Crippen molar-refractivity contribution in [3.05, 3.63) is 53.4 Å². The summed E-state index contributed by atoms with van der Waals surface area (Å²) in [5, 5.41) is 3.78. The maximum atomic E-state index is 12.7. The minimum absolute atomic E-state index is 0.00118. The molecular weight excluding hydrogens is 374 g/mol. The summed E-state index contributed by atoms with van der Waals surface area (Å²) >= 11 is 11.3. The monoisotopic (exact) mass is 391 g/mol. The molecule has 136 valence electrons. The van der Waals surface area contributed by atoms with Gasteiger partial charge in [0, 0.05) is 17.3 Å². The zero-order valence-corrected chi connectivity index (χ0v) is 15.7. The molecule has 0 spiro atoms. The van der Waals surface area contributed by atoms with Gasteiger partial charge in [0.25, 0.3) is 5.91 Å². The predicted molar refractivity (Wildman–Crippen MR) is 103 cm³/mol. The second kappa shape index (κ2) is 7.88. The van der Waals surface area contributed by atoms with E-state index < -0.39 is 6.04 Å². The Kier molecular flexibility index (Phi) is 5.58. The number of benzene rings is 1. The Morgan fingerprint density at radius 2 is 2.04 bits per heavy atom. The van der Waals surface area contributed by atoms with E-state index in [1.807, 2.05) is 13.0 Å². The molecular formula is C18H18ClN3O3S. The number of halogens is 1. The van der Waals surface area contributed by atoms with Crippen LogP contribution in [0.2, 0.25) is 5.02 Å². The van der Waals surface area contributed by atoms with Crippen LogP contribution in [0.4, 0.5) is 5.69 Å². The van der Waals surface area contributed by atoms with Crippen LogP contribution in [0.15, 0.2) is 47.1 Å². The van der Waals surface area contributed by atoms with Crippen LogP contribution in [0.5, 0.6) is 0 Å². The van der Waals surface area contributed by atoms with Crippen LogP contribution in [0.3, 0.4) is 0 Å². The van der Waals surface area contributed by atoms with Gasteiger partial charge in [-0.25, -0.2) is 0 Å². The van der Waals surface area contributed by atoms with Crippen LogP contribution in [0.1, 0.15) is 19.1 Å². The molecule has 0 saturated carbocycles. The first-order chi connectivity index (χ1) is 12.5. The van der Waals surface area contributed by atoms with Crippen LogP contribution in [-0.4, -0.2) is 39.3 Å². The number of carbonyl (C=O) groups is 2. The van der Waals surface area contributed by atoms with E-state index in [1.165, 1.54) is 4.90 Å². The van der Waals surface area contributed by atoms with Gasteiger partial charge in [-0.05, 0) is 55.5 Å². The molecule has 2 heterocycles. The van der Waals surface area contributed by atoms with Crippen LogP contribution < -0.4 is 5.32 Å². The van der Waals surface area contributed by atoms with Gasteiger partial charge in [0.2, 0.25) is 5.91 Å². The topological polar surface area (TPSA) is 65.8 Å². The van der Waals surface area contributed by atoms with Crippen LogP contribution in [0.25, 0.3) is 0 Å². The van der Waals surface area contributed by atoms with Gasteiger partial charge in [0.1, 0.15) is 11.8 Å². The van der Waals surface area contributed by atoms with Gasteiger partial charge in [-0.3, -0.25) is 14.5 Å². The first-order valence-corrected chi connectivity index (χ1v) is 8.98. The smallest absolute Gasteiger partial charge is 0.252 e. The minimum Gasteiger partial charge on any atom is -0.467 e. The summed E-state index contributed by atoms with van der Waals surface area (Å²) in [6.07, 6.45) is 1.56. The van der Waals surface area contributed by atoms with Crippen molar-refractivity contribution >= 4 is 46.4 Å². The molecule has 1 aromatic carbocycles. The number of thiocarbonyl (C=S) groups is 1. The average Bonchev–Trinajstić information content (AvgIpc) is 3.20. The second-order valence-corrected chi connectivity index (χ2v) is 6.65. The first kappa shape index (κ1) is 18.4. The van der Waals surface area contributed by atoms with Gasteiger partial charge in [-0.15, -0.1) is 0 Å². The summed E-state index contributed by atoms with van der Waals surface area (Å²) in [6.45, 7) is 2.65. The fraction of sp³-hybridized carbons (Fsp3) is 0.278. The van der Waals surface area contributed by atoms with Crippen LogP contribution >= 0.6 is 23.8 Å². The molecule has 1 N–H and O–H groups in total. The largest absolute Gasteiger partial charge is 0.467 e. The molecule has 1 aromatic heterocycles. The molecule has 26 heavy (non-hydrogen) atoms. The maximum absolute atomic E-state index is 12.7. The van der Waals surface area contributed by atoms with E-state index >= 15 is 0 Å². The number of amides is 2. The third-order valence-electron chi connectivity index (χ3n) is 4.13. The summed E-state index contributed by atoms with van der Waals surface area (Å²) < 4.78 is 5.36. The van der Waals surface area contributed by atoms with Gasteiger partial charge in [0.15, 0.2) is 5.11 Å². The summed E-state index contributed by atoms with van der Waals surface area (Å²) in [6, 6.07) is 9.73. The maximum Gasteiger partial charge on any atom is 0.252 e. The molecule has 1 aliphatic rings. The number of nitrogens with one attached hydrogen (secondary N) is 1. The van der Waals surface area contributed by atoms with Gasteiger partial charge in [0.05, 0.1) is 19.2 Å². The van der Waals surface area contributed by atoms with Crippen molar-refractivity contribution in [1.29, 1.82) is 0 Å². The highest BCUT2D eigenvalue weighted by molar-refractivity contribution is 7.80. The summed E-state index contributed by atoms with van der Waals surface area (Å²) in [7, 11) is 0. The highest BCUT2D eigenvalue weighted by atomic mass is 35.5. The number of hydrogen-bond acceptors (Lipinski definition) is 4. The van der Waals surface area contributed by atoms with Crippen molar-refractivity contribution < 1.29 is 14.0 Å². The normalized spacial score (nSPS) is 17.1. The van der Waals surface area contributed by atoms with Crippen molar-refractivity contribution in [3.63, 3.8) is 0 Å². The van der Waals surface area contributed by atoms with E-state index in [-0.39, 0.29) is 18.2 Å². The SMILES string of the molecule is CCN1C(=O)C(CC(=O)Nc2ccc(Cl)cc2)N(Cc2ccco2)C1=S. The van der Waals surface area contributed by atoms with Crippen LogP contribution in [-0.2, 0) is 16.1 Å². The van der Waals surface area contributed by atoms with Crippen molar-refractivity contribution in [2.75, 3.05) is 11.9 Å². The lowest BCUT2D eigenvalue weighted by Gasteiger charge is -2.22. The Hall–Kier alpha value is -2.38. The average molecular weight is 392 g/mol. The lowest BCUT2D eigenvalue weighted by molar-refractivity contribution is -0.130. The molecule has 0 bridgehead atoms. The number of rotatable bonds is 6. The fourth-order valence-corrected chi connectivity index (χ4v) is 3.39. The lowest BCUT2D eigenvalue weighted by Crippen LogP contribution is -2.37. The standard InChI is InChI=1S/C18H18ClN3O3S/c1-2-21-17(24)15(22(18(21)26)11-14-4-3-9-25-14)10-16(23)20-13-7-5-12(19)6-8-13/h3-9,15H,2,10-11H2,1H3,(H,20,23). The molecule has 2 aromatic rings. The summed E-state index contributed by atoms with van der Waals surface area (Å²) in [4.78, 5) is 28.4. The highest BCUT2D eigenvalue weighted by Crippen LogP contribution is 2.24. The predicted octanol–water partition coefficient (Wildman–Crippen LogP) is 3.28. The van der Waals surface area contributed by atoms with Crippen molar-refractivity contribution in [2.45, 2.75) is 25.9 Å². The van der Waals surface area contributed by atoms with Crippen molar-refractivity contribution in [3.8, 4) is 0 Å². The zero-order valence-electron chi connectivity index (χ0n) is 14.1. The van der Waals surface area contributed by atoms with Gasteiger partial charge in [-0.1, -0.05) is 11.6 Å².